The summed E-state index contributed by atoms with van der Waals surface area (Å²) in [5.74, 6) is 0. The van der Waals surface area contributed by atoms with Crippen molar-refractivity contribution in [1.82, 2.24) is 4.90 Å². The molecule has 0 aromatic rings. The van der Waals surface area contributed by atoms with Crippen molar-refractivity contribution in [2.45, 2.75) is 44.9 Å². The Morgan fingerprint density at radius 1 is 1.54 bits per heavy atom. The van der Waals surface area contributed by atoms with E-state index in [0.717, 1.165) is 6.61 Å². The molecule has 1 rings (SSSR count). The topological polar surface area (TPSA) is 38.5 Å². The van der Waals surface area contributed by atoms with Crippen LogP contribution in [-0.2, 0) is 4.74 Å². The van der Waals surface area contributed by atoms with E-state index in [1.165, 1.54) is 12.8 Å². The van der Waals surface area contributed by atoms with Gasteiger partial charge in [0.25, 0.3) is 0 Å². The minimum absolute atomic E-state index is 0.359. The largest absolute Gasteiger partial charge is 0.377 e. The third-order valence-corrected chi connectivity index (χ3v) is 2.97. The summed E-state index contributed by atoms with van der Waals surface area (Å²) in [6.45, 7) is 5.99. The molecule has 1 heterocycles. The Balaban J connectivity index is 2.49. The van der Waals surface area contributed by atoms with Crippen LogP contribution in [0.5, 0.6) is 0 Å². The van der Waals surface area contributed by atoms with Gasteiger partial charge in [-0.3, -0.25) is 4.90 Å². The third kappa shape index (κ3) is 2.66. The van der Waals surface area contributed by atoms with Gasteiger partial charge in [0.1, 0.15) is 0 Å². The summed E-state index contributed by atoms with van der Waals surface area (Å²) in [4.78, 5) is 2.32. The molecule has 0 aromatic heterocycles. The standard InChI is InChI=1S/C10H22N2O/c1-8(2)12(3)9(7-11)10-5-4-6-13-10/h8-10H,4-7,11H2,1-3H3. The molecule has 0 aliphatic carbocycles. The number of ether oxygens (including phenoxy) is 1. The lowest BCUT2D eigenvalue weighted by atomic mass is 10.1. The first kappa shape index (κ1) is 11.0. The maximum Gasteiger partial charge on any atom is 0.0743 e. The predicted molar refractivity (Wildman–Crippen MR) is 54.7 cm³/mol. The first-order valence-electron chi connectivity index (χ1n) is 5.20. The van der Waals surface area contributed by atoms with Gasteiger partial charge in [0.05, 0.1) is 6.10 Å². The SMILES string of the molecule is CC(C)N(C)C(CN)C1CCCO1. The third-order valence-electron chi connectivity index (χ3n) is 2.97. The Hall–Kier alpha value is -0.120. The van der Waals surface area contributed by atoms with Crippen molar-refractivity contribution < 1.29 is 4.74 Å². The maximum absolute atomic E-state index is 5.77. The summed E-state index contributed by atoms with van der Waals surface area (Å²) >= 11 is 0. The zero-order valence-electron chi connectivity index (χ0n) is 8.99. The van der Waals surface area contributed by atoms with E-state index in [1.807, 2.05) is 0 Å². The van der Waals surface area contributed by atoms with Gasteiger partial charge >= 0.3 is 0 Å². The molecule has 0 saturated carbocycles. The number of likely N-dealkylation sites (N-methyl/N-ethyl adjacent to an activating group) is 1. The lowest BCUT2D eigenvalue weighted by Gasteiger charge is -2.33. The van der Waals surface area contributed by atoms with Gasteiger partial charge < -0.3 is 10.5 Å². The van der Waals surface area contributed by atoms with Gasteiger partial charge in [-0.2, -0.15) is 0 Å². The fourth-order valence-corrected chi connectivity index (χ4v) is 1.87. The molecule has 3 nitrogen and oxygen atoms in total. The van der Waals surface area contributed by atoms with E-state index in [1.54, 1.807) is 0 Å². The fraction of sp³-hybridized carbons (Fsp3) is 1.00. The van der Waals surface area contributed by atoms with Crippen LogP contribution in [0.25, 0.3) is 0 Å². The van der Waals surface area contributed by atoms with Crippen molar-refractivity contribution in [3.8, 4) is 0 Å². The molecule has 1 fully saturated rings. The van der Waals surface area contributed by atoms with E-state index >= 15 is 0 Å². The van der Waals surface area contributed by atoms with E-state index < -0.39 is 0 Å². The molecule has 0 radical (unpaired) electrons. The molecule has 3 heteroatoms. The highest BCUT2D eigenvalue weighted by Crippen LogP contribution is 2.19. The van der Waals surface area contributed by atoms with Crippen molar-refractivity contribution in [3.63, 3.8) is 0 Å². The Kier molecular flexibility index (Phi) is 4.16. The van der Waals surface area contributed by atoms with Crippen molar-refractivity contribution >= 4 is 0 Å². The Labute approximate surface area is 81.2 Å². The summed E-state index contributed by atoms with van der Waals surface area (Å²) in [5, 5.41) is 0. The second kappa shape index (κ2) is 4.94. The van der Waals surface area contributed by atoms with Crippen molar-refractivity contribution in [3.05, 3.63) is 0 Å². The minimum Gasteiger partial charge on any atom is -0.377 e. The van der Waals surface area contributed by atoms with Crippen LogP contribution in [0.2, 0.25) is 0 Å². The molecule has 13 heavy (non-hydrogen) atoms. The van der Waals surface area contributed by atoms with Gasteiger partial charge in [0, 0.05) is 25.2 Å². The van der Waals surface area contributed by atoms with E-state index in [2.05, 4.69) is 25.8 Å². The maximum atomic E-state index is 5.77. The quantitative estimate of drug-likeness (QED) is 0.707. The normalized spacial score (nSPS) is 25.8. The van der Waals surface area contributed by atoms with Gasteiger partial charge in [0.2, 0.25) is 0 Å². The summed E-state index contributed by atoms with van der Waals surface area (Å²) in [6.07, 6.45) is 2.71. The average molecular weight is 186 g/mol. The van der Waals surface area contributed by atoms with Crippen molar-refractivity contribution in [2.75, 3.05) is 20.2 Å². The van der Waals surface area contributed by atoms with Gasteiger partial charge in [-0.05, 0) is 33.7 Å². The van der Waals surface area contributed by atoms with Crippen molar-refractivity contribution in [2.24, 2.45) is 5.73 Å². The number of nitrogens with zero attached hydrogens (tertiary/aromatic N) is 1. The first-order valence-corrected chi connectivity index (χ1v) is 5.20. The lowest BCUT2D eigenvalue weighted by molar-refractivity contribution is 0.0266. The van der Waals surface area contributed by atoms with E-state index in [0.29, 0.717) is 24.7 Å². The fourth-order valence-electron chi connectivity index (χ4n) is 1.87. The number of hydrogen-bond donors (Lipinski definition) is 1. The van der Waals surface area contributed by atoms with Crippen LogP contribution >= 0.6 is 0 Å². The molecule has 78 valence electrons. The Bertz CT molecular complexity index is 142. The zero-order valence-corrected chi connectivity index (χ0v) is 8.99. The molecule has 2 N–H and O–H groups in total. The summed E-state index contributed by atoms with van der Waals surface area (Å²) in [5.41, 5.74) is 5.77. The van der Waals surface area contributed by atoms with Crippen LogP contribution in [0.4, 0.5) is 0 Å². The zero-order chi connectivity index (χ0) is 9.84. The monoisotopic (exact) mass is 186 g/mol. The van der Waals surface area contributed by atoms with Crippen LogP contribution in [0.3, 0.4) is 0 Å². The van der Waals surface area contributed by atoms with Crippen LogP contribution in [-0.4, -0.2) is 43.3 Å². The van der Waals surface area contributed by atoms with Crippen molar-refractivity contribution in [1.29, 1.82) is 0 Å². The summed E-state index contributed by atoms with van der Waals surface area (Å²) < 4.78 is 5.66. The van der Waals surface area contributed by atoms with E-state index in [-0.39, 0.29) is 0 Å². The van der Waals surface area contributed by atoms with Gasteiger partial charge in [-0.25, -0.2) is 0 Å². The average Bonchev–Trinajstić information content (AvgIpc) is 2.58. The molecule has 2 unspecified atom stereocenters. The highest BCUT2D eigenvalue weighted by molar-refractivity contribution is 4.83. The van der Waals surface area contributed by atoms with Gasteiger partial charge in [0.15, 0.2) is 0 Å². The second-order valence-electron chi connectivity index (χ2n) is 4.11. The highest BCUT2D eigenvalue weighted by Gasteiger charge is 2.28. The highest BCUT2D eigenvalue weighted by atomic mass is 16.5. The summed E-state index contributed by atoms with van der Waals surface area (Å²) in [7, 11) is 2.13. The lowest BCUT2D eigenvalue weighted by Crippen LogP contribution is -2.49. The van der Waals surface area contributed by atoms with Crippen LogP contribution in [0.15, 0.2) is 0 Å². The number of hydrogen-bond acceptors (Lipinski definition) is 3. The van der Waals surface area contributed by atoms with Crippen LogP contribution in [0, 0.1) is 0 Å². The van der Waals surface area contributed by atoms with Gasteiger partial charge in [-0.1, -0.05) is 0 Å². The molecule has 0 bridgehead atoms. The molecular formula is C10H22N2O. The molecule has 2 atom stereocenters. The molecular weight excluding hydrogens is 164 g/mol. The summed E-state index contributed by atoms with van der Waals surface area (Å²) in [6, 6.07) is 0.931. The number of rotatable bonds is 4. The molecule has 1 saturated heterocycles. The molecule has 0 amide bonds. The Morgan fingerprint density at radius 2 is 2.23 bits per heavy atom. The Morgan fingerprint density at radius 3 is 2.62 bits per heavy atom. The van der Waals surface area contributed by atoms with Crippen LogP contribution < -0.4 is 5.73 Å². The molecule has 1 aliphatic heterocycles. The van der Waals surface area contributed by atoms with E-state index in [9.17, 15) is 0 Å². The molecule has 1 aliphatic rings. The smallest absolute Gasteiger partial charge is 0.0743 e. The second-order valence-corrected chi connectivity index (χ2v) is 4.11. The number of nitrogens with two attached hydrogens (primary N) is 1. The predicted octanol–water partition coefficient (Wildman–Crippen LogP) is 0.833. The van der Waals surface area contributed by atoms with Crippen LogP contribution in [0.1, 0.15) is 26.7 Å². The first-order chi connectivity index (χ1) is 6.16. The molecule has 0 aromatic carbocycles. The minimum atomic E-state index is 0.359. The molecule has 0 spiro atoms. The van der Waals surface area contributed by atoms with Gasteiger partial charge in [-0.15, -0.1) is 0 Å². The van der Waals surface area contributed by atoms with E-state index in [4.69, 9.17) is 10.5 Å².